The van der Waals surface area contributed by atoms with Crippen LogP contribution < -0.4 is 14.8 Å². The number of hydrogen-bond acceptors (Lipinski definition) is 10. The van der Waals surface area contributed by atoms with Crippen molar-refractivity contribution in [2.24, 2.45) is 11.8 Å². The number of benzene rings is 1. The van der Waals surface area contributed by atoms with Crippen molar-refractivity contribution in [1.82, 2.24) is 20.2 Å². The van der Waals surface area contributed by atoms with E-state index in [1.165, 1.54) is 16.2 Å². The quantitative estimate of drug-likeness (QED) is 0.191. The fourth-order valence-corrected chi connectivity index (χ4v) is 7.13. The van der Waals surface area contributed by atoms with Crippen molar-refractivity contribution in [3.8, 4) is 22.2 Å². The van der Waals surface area contributed by atoms with Gasteiger partial charge in [0.25, 0.3) is 0 Å². The van der Waals surface area contributed by atoms with Crippen molar-refractivity contribution in [1.29, 1.82) is 0 Å². The van der Waals surface area contributed by atoms with Crippen LogP contribution in [-0.2, 0) is 19.1 Å². The van der Waals surface area contributed by atoms with Gasteiger partial charge in [-0.1, -0.05) is 26.8 Å². The van der Waals surface area contributed by atoms with Crippen molar-refractivity contribution < 1.29 is 33.3 Å². The summed E-state index contributed by atoms with van der Waals surface area (Å²) in [4.78, 5) is 51.9. The number of nitrogens with one attached hydrogen (secondary N) is 1. The first-order chi connectivity index (χ1) is 22.6. The van der Waals surface area contributed by atoms with Crippen LogP contribution in [0.25, 0.3) is 21.6 Å². The number of likely N-dealkylation sites (tertiary alicyclic amines) is 1. The number of pyridine rings is 1. The zero-order valence-corrected chi connectivity index (χ0v) is 30.0. The van der Waals surface area contributed by atoms with Gasteiger partial charge in [-0.05, 0) is 59.1 Å². The van der Waals surface area contributed by atoms with E-state index in [4.69, 9.17) is 28.9 Å². The van der Waals surface area contributed by atoms with E-state index >= 15 is 0 Å². The molecule has 5 rings (SSSR count). The summed E-state index contributed by atoms with van der Waals surface area (Å²) in [5.41, 5.74) is 1.15. The average Bonchev–Trinajstić information content (AvgIpc) is 3.33. The number of carbonyl (C=O) groups is 3. The van der Waals surface area contributed by atoms with Crippen molar-refractivity contribution in [3.05, 3.63) is 47.5 Å². The highest BCUT2D eigenvalue weighted by molar-refractivity contribution is 7.13. The van der Waals surface area contributed by atoms with Gasteiger partial charge in [0.1, 0.15) is 45.5 Å². The van der Waals surface area contributed by atoms with Gasteiger partial charge in [0.15, 0.2) is 0 Å². The predicted octanol–water partition coefficient (Wildman–Crippen LogP) is 6.43. The van der Waals surface area contributed by atoms with Gasteiger partial charge in [-0.2, -0.15) is 0 Å². The minimum absolute atomic E-state index is 0.0779. The summed E-state index contributed by atoms with van der Waals surface area (Å²) in [6.07, 6.45) is 0.761. The Hall–Kier alpha value is -4.19. The fourth-order valence-electron chi connectivity index (χ4n) is 6.19. The highest BCUT2D eigenvalue weighted by atomic mass is 32.1. The Morgan fingerprint density at radius 2 is 1.94 bits per heavy atom. The van der Waals surface area contributed by atoms with Crippen molar-refractivity contribution in [2.45, 2.75) is 91.0 Å². The van der Waals surface area contributed by atoms with E-state index in [1.54, 1.807) is 40.9 Å². The third-order valence-electron chi connectivity index (χ3n) is 8.96. The molecule has 1 unspecified atom stereocenters. The second kappa shape index (κ2) is 13.4. The summed E-state index contributed by atoms with van der Waals surface area (Å²) in [5, 5.41) is 6.48. The minimum atomic E-state index is -1.22. The Bertz CT molecular complexity index is 1730. The Morgan fingerprint density at radius 3 is 2.52 bits per heavy atom. The molecular weight excluding hydrogens is 632 g/mol. The molecule has 3 heterocycles. The molecule has 0 spiro atoms. The standard InChI is InChI=1S/C36H46N4O7S/c1-11-22-16-36(22,33(42)45-12-2)39-31(41)30-21(6)28(17-40(30)34(43)47-35(7,8)9)46-27-15-24(32-38-25(18-48-32)19(3)4)37-29-20(5)26(44-10)14-13-23(27)29/h11,13-15,18-19,21-22,28,30H,1,12,16-17H2,2-10H3,(H,39,41)/t21-,22-,28+,30+,36?/m1/s1. The molecule has 1 saturated carbocycles. The number of thiazole rings is 1. The summed E-state index contributed by atoms with van der Waals surface area (Å²) >= 11 is 1.51. The number of carbonyl (C=O) groups excluding carboxylic acids is 3. The summed E-state index contributed by atoms with van der Waals surface area (Å²) < 4.78 is 23.4. The Labute approximate surface area is 286 Å². The monoisotopic (exact) mass is 678 g/mol. The van der Waals surface area contributed by atoms with Gasteiger partial charge in [0.2, 0.25) is 5.91 Å². The lowest BCUT2D eigenvalue weighted by Gasteiger charge is -2.30. The molecule has 1 N–H and O–H groups in total. The van der Waals surface area contributed by atoms with Crippen molar-refractivity contribution in [2.75, 3.05) is 20.3 Å². The highest BCUT2D eigenvalue weighted by Gasteiger charge is 2.62. The van der Waals surface area contributed by atoms with Gasteiger partial charge in [0, 0.05) is 34.2 Å². The van der Waals surface area contributed by atoms with E-state index in [1.807, 2.05) is 37.4 Å². The lowest BCUT2D eigenvalue weighted by molar-refractivity contribution is -0.149. The Kier molecular flexibility index (Phi) is 9.79. The molecule has 2 amide bonds. The highest BCUT2D eigenvalue weighted by Crippen LogP contribution is 2.46. The Balaban J connectivity index is 1.53. The molecule has 11 nitrogen and oxygen atoms in total. The van der Waals surface area contributed by atoms with E-state index in [0.717, 1.165) is 21.7 Å². The fraction of sp³-hybridized carbons (Fsp3) is 0.528. The largest absolute Gasteiger partial charge is 0.496 e. The third-order valence-corrected chi connectivity index (χ3v) is 9.84. The van der Waals surface area contributed by atoms with Crippen LogP contribution in [0.4, 0.5) is 4.79 Å². The van der Waals surface area contributed by atoms with Gasteiger partial charge in [0.05, 0.1) is 31.5 Å². The number of hydrogen-bond donors (Lipinski definition) is 1. The van der Waals surface area contributed by atoms with E-state index in [9.17, 15) is 14.4 Å². The maximum atomic E-state index is 14.1. The van der Waals surface area contributed by atoms with Crippen LogP contribution in [0.2, 0.25) is 0 Å². The molecular formula is C36H46N4O7S. The smallest absolute Gasteiger partial charge is 0.411 e. The lowest BCUT2D eigenvalue weighted by Crippen LogP contribution is -2.55. The van der Waals surface area contributed by atoms with Crippen LogP contribution in [0.5, 0.6) is 11.5 Å². The molecule has 1 aromatic carbocycles. The van der Waals surface area contributed by atoms with Gasteiger partial charge in [-0.25, -0.2) is 19.6 Å². The number of aromatic nitrogens is 2. The molecule has 258 valence electrons. The molecule has 48 heavy (non-hydrogen) atoms. The number of nitrogens with zero attached hydrogens (tertiary/aromatic N) is 3. The topological polar surface area (TPSA) is 129 Å². The summed E-state index contributed by atoms with van der Waals surface area (Å²) in [7, 11) is 1.62. The molecule has 2 aliphatic rings. The normalized spacial score (nSPS) is 23.6. The second-order valence-electron chi connectivity index (χ2n) is 13.8. The molecule has 2 fully saturated rings. The van der Waals surface area contributed by atoms with E-state index < -0.39 is 47.2 Å². The molecule has 1 saturated heterocycles. The zero-order chi connectivity index (χ0) is 35.1. The molecule has 0 bridgehead atoms. The minimum Gasteiger partial charge on any atom is -0.496 e. The van der Waals surface area contributed by atoms with Crippen LogP contribution in [0.3, 0.4) is 0 Å². The summed E-state index contributed by atoms with van der Waals surface area (Å²) in [6, 6.07) is 4.65. The summed E-state index contributed by atoms with van der Waals surface area (Å²) in [6.45, 7) is 19.1. The van der Waals surface area contributed by atoms with Crippen molar-refractivity contribution >= 4 is 40.2 Å². The SMILES string of the molecule is C=C[C@@H]1CC1(NC(=O)[C@@H]1[C@H](C)[C@@H](Oc2cc(-c3nc(C(C)C)cs3)nc3c(C)c(OC)ccc23)CN1C(=O)OC(C)(C)C)C(=O)OCC. The number of amides is 2. The van der Waals surface area contributed by atoms with Crippen LogP contribution >= 0.6 is 11.3 Å². The van der Waals surface area contributed by atoms with E-state index in [2.05, 4.69) is 25.7 Å². The summed E-state index contributed by atoms with van der Waals surface area (Å²) in [5.74, 6) is -0.276. The van der Waals surface area contributed by atoms with Gasteiger partial charge in [-0.15, -0.1) is 17.9 Å². The van der Waals surface area contributed by atoms with Gasteiger partial charge in [-0.3, -0.25) is 9.69 Å². The molecule has 1 aliphatic heterocycles. The first-order valence-electron chi connectivity index (χ1n) is 16.4. The number of rotatable bonds is 10. The number of fused-ring (bicyclic) bond motifs is 1. The number of esters is 1. The lowest BCUT2D eigenvalue weighted by atomic mass is 9.98. The molecule has 1 aliphatic carbocycles. The van der Waals surface area contributed by atoms with Crippen LogP contribution in [0.15, 0.2) is 36.2 Å². The molecule has 0 radical (unpaired) electrons. The molecule has 5 atom stereocenters. The first kappa shape index (κ1) is 35.1. The van der Waals surface area contributed by atoms with E-state index in [-0.39, 0.29) is 25.0 Å². The zero-order valence-electron chi connectivity index (χ0n) is 29.2. The first-order valence-corrected chi connectivity index (χ1v) is 17.2. The Morgan fingerprint density at radius 1 is 1.21 bits per heavy atom. The molecule has 2 aromatic heterocycles. The van der Waals surface area contributed by atoms with Crippen LogP contribution in [0.1, 0.15) is 72.1 Å². The molecule has 12 heteroatoms. The third kappa shape index (κ3) is 6.72. The maximum Gasteiger partial charge on any atom is 0.411 e. The number of aryl methyl sites for hydroxylation is 1. The average molecular weight is 679 g/mol. The maximum absolute atomic E-state index is 14.1. The molecule has 3 aromatic rings. The van der Waals surface area contributed by atoms with E-state index in [0.29, 0.717) is 29.1 Å². The second-order valence-corrected chi connectivity index (χ2v) is 14.7. The number of ether oxygens (including phenoxy) is 4. The predicted molar refractivity (Wildman–Crippen MR) is 184 cm³/mol. The van der Waals surface area contributed by atoms with Crippen LogP contribution in [0, 0.1) is 18.8 Å². The number of methoxy groups -OCH3 is 1. The van der Waals surface area contributed by atoms with Crippen molar-refractivity contribution in [3.63, 3.8) is 0 Å². The van der Waals surface area contributed by atoms with Crippen LogP contribution in [-0.4, -0.2) is 76.4 Å². The van der Waals surface area contributed by atoms with Gasteiger partial charge >= 0.3 is 12.1 Å². The van der Waals surface area contributed by atoms with Gasteiger partial charge < -0.3 is 24.3 Å².